The molecule has 3 nitrogen and oxygen atoms in total. The maximum absolute atomic E-state index is 5.33. The minimum atomic E-state index is 0.689. The molecule has 1 N–H and O–H groups in total. The predicted molar refractivity (Wildman–Crippen MR) is 50.8 cm³/mol. The third-order valence-electron chi connectivity index (χ3n) is 2.94. The highest BCUT2D eigenvalue weighted by Crippen LogP contribution is 2.12. The number of hydrogen-bond acceptors (Lipinski definition) is 3. The number of nitrogens with one attached hydrogen (secondary N) is 1. The second-order valence-corrected chi connectivity index (χ2v) is 4.02. The van der Waals surface area contributed by atoms with E-state index >= 15 is 0 Å². The Morgan fingerprint density at radius 3 is 2.46 bits per heavy atom. The first kappa shape index (κ1) is 9.44. The van der Waals surface area contributed by atoms with Crippen LogP contribution in [0.5, 0.6) is 0 Å². The molecule has 0 aromatic rings. The van der Waals surface area contributed by atoms with Crippen molar-refractivity contribution in [1.29, 1.82) is 0 Å². The lowest BCUT2D eigenvalue weighted by Gasteiger charge is -2.24. The van der Waals surface area contributed by atoms with Gasteiger partial charge in [-0.2, -0.15) is 0 Å². The molecular weight excluding hydrogens is 166 g/mol. The van der Waals surface area contributed by atoms with Gasteiger partial charge in [0.2, 0.25) is 0 Å². The Balaban J connectivity index is 1.60. The van der Waals surface area contributed by atoms with Crippen molar-refractivity contribution in [1.82, 2.24) is 5.32 Å². The standard InChI is InChI=1S/C10H19NO2/c1-4-13-8-9(1)7-11-10-2-5-12-6-3-10/h9-11H,1-8H2. The van der Waals surface area contributed by atoms with Gasteiger partial charge in [-0.05, 0) is 25.2 Å². The molecule has 0 radical (unpaired) electrons. The maximum Gasteiger partial charge on any atom is 0.0507 e. The lowest BCUT2D eigenvalue weighted by Crippen LogP contribution is -2.37. The maximum atomic E-state index is 5.33. The zero-order chi connectivity index (χ0) is 8.93. The van der Waals surface area contributed by atoms with Crippen LogP contribution in [0.3, 0.4) is 0 Å². The number of rotatable bonds is 3. The molecule has 1 atom stereocenters. The average molecular weight is 185 g/mol. The van der Waals surface area contributed by atoms with E-state index in [1.54, 1.807) is 0 Å². The van der Waals surface area contributed by atoms with Crippen molar-refractivity contribution < 1.29 is 9.47 Å². The molecule has 3 heteroatoms. The highest BCUT2D eigenvalue weighted by Gasteiger charge is 2.18. The summed E-state index contributed by atoms with van der Waals surface area (Å²) in [7, 11) is 0. The molecule has 2 rings (SSSR count). The van der Waals surface area contributed by atoms with Crippen LogP contribution < -0.4 is 5.32 Å². The minimum absolute atomic E-state index is 0.689. The van der Waals surface area contributed by atoms with Crippen LogP contribution in [-0.4, -0.2) is 39.0 Å². The van der Waals surface area contributed by atoms with Crippen LogP contribution in [0.15, 0.2) is 0 Å². The van der Waals surface area contributed by atoms with Crippen molar-refractivity contribution in [2.75, 3.05) is 33.0 Å². The van der Waals surface area contributed by atoms with Crippen LogP contribution in [0, 0.1) is 5.92 Å². The van der Waals surface area contributed by atoms with Crippen molar-refractivity contribution in [3.8, 4) is 0 Å². The van der Waals surface area contributed by atoms with E-state index < -0.39 is 0 Å². The van der Waals surface area contributed by atoms with Crippen molar-refractivity contribution >= 4 is 0 Å². The molecule has 0 aromatic carbocycles. The molecule has 13 heavy (non-hydrogen) atoms. The molecule has 2 heterocycles. The SMILES string of the molecule is C1CC(NCC2CCOC2)CCO1. The van der Waals surface area contributed by atoms with Gasteiger partial charge in [0.15, 0.2) is 0 Å². The molecule has 2 aliphatic rings. The van der Waals surface area contributed by atoms with Gasteiger partial charge in [0, 0.05) is 32.4 Å². The van der Waals surface area contributed by atoms with Crippen LogP contribution in [0.25, 0.3) is 0 Å². The third kappa shape index (κ3) is 2.93. The summed E-state index contributed by atoms with van der Waals surface area (Å²) in [6.45, 7) is 4.90. The van der Waals surface area contributed by atoms with Crippen LogP contribution in [0.4, 0.5) is 0 Å². The van der Waals surface area contributed by atoms with Gasteiger partial charge in [0.05, 0.1) is 6.61 Å². The van der Waals surface area contributed by atoms with Gasteiger partial charge in [-0.3, -0.25) is 0 Å². The predicted octanol–water partition coefficient (Wildman–Crippen LogP) is 0.791. The van der Waals surface area contributed by atoms with Crippen molar-refractivity contribution in [2.24, 2.45) is 5.92 Å². The van der Waals surface area contributed by atoms with E-state index in [0.29, 0.717) is 6.04 Å². The molecule has 0 aromatic heterocycles. The smallest absolute Gasteiger partial charge is 0.0507 e. The normalized spacial score (nSPS) is 30.9. The first-order valence-corrected chi connectivity index (χ1v) is 5.34. The Hall–Kier alpha value is -0.120. The van der Waals surface area contributed by atoms with Crippen LogP contribution >= 0.6 is 0 Å². The zero-order valence-electron chi connectivity index (χ0n) is 8.13. The van der Waals surface area contributed by atoms with Crippen molar-refractivity contribution in [3.63, 3.8) is 0 Å². The topological polar surface area (TPSA) is 30.5 Å². The second kappa shape index (κ2) is 4.94. The van der Waals surface area contributed by atoms with Gasteiger partial charge in [0.1, 0.15) is 0 Å². The summed E-state index contributed by atoms with van der Waals surface area (Å²) in [5, 5.41) is 3.60. The zero-order valence-corrected chi connectivity index (χ0v) is 8.13. The molecule has 0 saturated carbocycles. The molecular formula is C10H19NO2. The number of hydrogen-bond donors (Lipinski definition) is 1. The number of ether oxygens (including phenoxy) is 2. The molecule has 1 unspecified atom stereocenters. The Bertz CT molecular complexity index is 140. The minimum Gasteiger partial charge on any atom is -0.381 e. The van der Waals surface area contributed by atoms with Gasteiger partial charge in [-0.15, -0.1) is 0 Å². The fourth-order valence-corrected chi connectivity index (χ4v) is 1.98. The summed E-state index contributed by atoms with van der Waals surface area (Å²) < 4.78 is 10.6. The Kier molecular flexibility index (Phi) is 3.58. The van der Waals surface area contributed by atoms with Gasteiger partial charge >= 0.3 is 0 Å². The van der Waals surface area contributed by atoms with Gasteiger partial charge in [0.25, 0.3) is 0 Å². The molecule has 0 amide bonds. The lowest BCUT2D eigenvalue weighted by atomic mass is 10.1. The van der Waals surface area contributed by atoms with E-state index in [9.17, 15) is 0 Å². The largest absolute Gasteiger partial charge is 0.381 e. The molecule has 76 valence electrons. The third-order valence-corrected chi connectivity index (χ3v) is 2.94. The van der Waals surface area contributed by atoms with E-state index in [2.05, 4.69) is 5.32 Å². The van der Waals surface area contributed by atoms with E-state index in [0.717, 1.165) is 38.9 Å². The van der Waals surface area contributed by atoms with Gasteiger partial charge in [-0.25, -0.2) is 0 Å². The summed E-state index contributed by atoms with van der Waals surface area (Å²) in [4.78, 5) is 0. The highest BCUT2D eigenvalue weighted by molar-refractivity contribution is 4.74. The second-order valence-electron chi connectivity index (χ2n) is 4.02. The fraction of sp³-hybridized carbons (Fsp3) is 1.00. The summed E-state index contributed by atoms with van der Waals surface area (Å²) in [5.74, 6) is 0.753. The van der Waals surface area contributed by atoms with Gasteiger partial charge < -0.3 is 14.8 Å². The average Bonchev–Trinajstić information content (AvgIpc) is 2.69. The van der Waals surface area contributed by atoms with Crippen LogP contribution in [0.2, 0.25) is 0 Å². The molecule has 2 aliphatic heterocycles. The Morgan fingerprint density at radius 2 is 1.77 bits per heavy atom. The summed E-state index contributed by atoms with van der Waals surface area (Å²) >= 11 is 0. The van der Waals surface area contributed by atoms with E-state index in [4.69, 9.17) is 9.47 Å². The van der Waals surface area contributed by atoms with E-state index in [-0.39, 0.29) is 0 Å². The Morgan fingerprint density at radius 1 is 1.00 bits per heavy atom. The summed E-state index contributed by atoms with van der Waals surface area (Å²) in [6.07, 6.45) is 3.58. The van der Waals surface area contributed by atoms with E-state index in [1.807, 2.05) is 0 Å². The fourth-order valence-electron chi connectivity index (χ4n) is 1.98. The first-order chi connectivity index (χ1) is 6.45. The lowest BCUT2D eigenvalue weighted by molar-refractivity contribution is 0.0766. The Labute approximate surface area is 79.8 Å². The first-order valence-electron chi connectivity index (χ1n) is 5.34. The summed E-state index contributed by atoms with van der Waals surface area (Å²) in [5.41, 5.74) is 0. The highest BCUT2D eigenvalue weighted by atomic mass is 16.5. The van der Waals surface area contributed by atoms with E-state index in [1.165, 1.54) is 19.3 Å². The molecule has 0 aliphatic carbocycles. The summed E-state index contributed by atoms with van der Waals surface area (Å²) in [6, 6.07) is 0.689. The quantitative estimate of drug-likeness (QED) is 0.705. The molecule has 2 fully saturated rings. The molecule has 2 saturated heterocycles. The monoisotopic (exact) mass is 185 g/mol. The van der Waals surface area contributed by atoms with Crippen LogP contribution in [-0.2, 0) is 9.47 Å². The van der Waals surface area contributed by atoms with Gasteiger partial charge in [-0.1, -0.05) is 0 Å². The van der Waals surface area contributed by atoms with Crippen LogP contribution in [0.1, 0.15) is 19.3 Å². The van der Waals surface area contributed by atoms with Crippen molar-refractivity contribution in [3.05, 3.63) is 0 Å². The van der Waals surface area contributed by atoms with Crippen molar-refractivity contribution in [2.45, 2.75) is 25.3 Å². The molecule has 0 spiro atoms. The molecule has 0 bridgehead atoms.